The maximum atomic E-state index is 13.4. The van der Waals surface area contributed by atoms with Crippen LogP contribution in [0.1, 0.15) is 26.3 Å². The van der Waals surface area contributed by atoms with Gasteiger partial charge in [0.1, 0.15) is 6.04 Å². The topological polar surface area (TPSA) is 50.7 Å². The summed E-state index contributed by atoms with van der Waals surface area (Å²) in [5.41, 5.74) is -0.297. The van der Waals surface area contributed by atoms with Crippen LogP contribution in [0, 0.1) is 17.0 Å². The van der Waals surface area contributed by atoms with E-state index >= 15 is 0 Å². The summed E-state index contributed by atoms with van der Waals surface area (Å²) in [5, 5.41) is 2.93. The van der Waals surface area contributed by atoms with Crippen molar-refractivity contribution in [3.63, 3.8) is 0 Å². The first-order chi connectivity index (χ1) is 9.77. The van der Waals surface area contributed by atoms with Gasteiger partial charge in [0.2, 0.25) is 0 Å². The molecule has 1 aromatic carbocycles. The van der Waals surface area contributed by atoms with Gasteiger partial charge in [0.15, 0.2) is 11.6 Å². The van der Waals surface area contributed by atoms with E-state index in [-0.39, 0.29) is 17.6 Å². The minimum Gasteiger partial charge on any atom is -0.468 e. The summed E-state index contributed by atoms with van der Waals surface area (Å²) in [6.45, 7) is 5.75. The maximum absolute atomic E-state index is 13.4. The second kappa shape index (κ2) is 7.26. The third-order valence-corrected chi connectivity index (χ3v) is 2.90. The molecule has 4 nitrogen and oxygen atoms in total. The van der Waals surface area contributed by atoms with Crippen molar-refractivity contribution in [2.75, 3.05) is 13.8 Å². The highest BCUT2D eigenvalue weighted by Gasteiger charge is 2.31. The van der Waals surface area contributed by atoms with Gasteiger partial charge in [0.25, 0.3) is 0 Å². The van der Waals surface area contributed by atoms with E-state index in [1.54, 1.807) is 0 Å². The number of halogens is 2. The molecule has 1 aromatic rings. The van der Waals surface area contributed by atoms with Crippen molar-refractivity contribution >= 4 is 12.2 Å². The minimum atomic E-state index is -0.943. The molecule has 0 radical (unpaired) electrons. The number of ether oxygens (including phenoxy) is 1. The molecule has 0 spiro atoms. The van der Waals surface area contributed by atoms with Gasteiger partial charge in [-0.05, 0) is 11.5 Å². The van der Waals surface area contributed by atoms with Crippen LogP contribution in [0.5, 0.6) is 0 Å². The summed E-state index contributed by atoms with van der Waals surface area (Å²) in [6.07, 6.45) is 1.22. The van der Waals surface area contributed by atoms with Crippen molar-refractivity contribution in [2.24, 2.45) is 10.4 Å². The average Bonchev–Trinajstić information content (AvgIpc) is 2.41. The lowest BCUT2D eigenvalue weighted by Gasteiger charge is -2.28. The molecule has 0 unspecified atom stereocenters. The fraction of sp³-hybridized carbons (Fsp3) is 0.467. The van der Waals surface area contributed by atoms with Crippen LogP contribution < -0.4 is 5.32 Å². The van der Waals surface area contributed by atoms with Crippen molar-refractivity contribution in [3.8, 4) is 0 Å². The van der Waals surface area contributed by atoms with Crippen molar-refractivity contribution in [1.82, 2.24) is 5.32 Å². The Morgan fingerprint density at radius 1 is 1.43 bits per heavy atom. The molecule has 116 valence electrons. The number of nitrogens with zero attached hydrogens (tertiary/aromatic N) is 1. The van der Waals surface area contributed by atoms with Crippen molar-refractivity contribution < 1.29 is 18.3 Å². The number of methoxy groups -OCH3 is 1. The molecule has 6 heteroatoms. The van der Waals surface area contributed by atoms with Crippen LogP contribution in [0.3, 0.4) is 0 Å². The second-order valence-corrected chi connectivity index (χ2v) is 5.64. The van der Waals surface area contributed by atoms with Crippen molar-refractivity contribution in [3.05, 3.63) is 35.4 Å². The monoisotopic (exact) mass is 298 g/mol. The Morgan fingerprint density at radius 3 is 2.67 bits per heavy atom. The zero-order chi connectivity index (χ0) is 16.0. The van der Waals surface area contributed by atoms with Crippen LogP contribution in [0.25, 0.3) is 0 Å². The van der Waals surface area contributed by atoms with E-state index in [4.69, 9.17) is 4.74 Å². The zero-order valence-electron chi connectivity index (χ0n) is 12.6. The summed E-state index contributed by atoms with van der Waals surface area (Å²) < 4.78 is 31.1. The molecule has 1 atom stereocenters. The summed E-state index contributed by atoms with van der Waals surface area (Å²) in [7, 11) is 1.31. The van der Waals surface area contributed by atoms with E-state index in [1.165, 1.54) is 25.5 Å². The summed E-state index contributed by atoms with van der Waals surface area (Å²) in [5.74, 6) is -2.26. The van der Waals surface area contributed by atoms with Crippen molar-refractivity contribution in [1.29, 1.82) is 0 Å². The van der Waals surface area contributed by atoms with Crippen molar-refractivity contribution in [2.45, 2.75) is 26.8 Å². The van der Waals surface area contributed by atoms with E-state index < -0.39 is 23.6 Å². The lowest BCUT2D eigenvalue weighted by molar-refractivity contribution is -0.146. The Balaban J connectivity index is 2.68. The van der Waals surface area contributed by atoms with Crippen LogP contribution >= 0.6 is 0 Å². The number of esters is 1. The van der Waals surface area contributed by atoms with E-state index in [9.17, 15) is 13.6 Å². The Hall–Kier alpha value is -1.82. The molecule has 1 N–H and O–H groups in total. The molecule has 0 heterocycles. The van der Waals surface area contributed by atoms with E-state index in [1.807, 2.05) is 20.8 Å². The van der Waals surface area contributed by atoms with Gasteiger partial charge in [-0.25, -0.2) is 8.78 Å². The number of hydrogen-bond acceptors (Lipinski definition) is 4. The first-order valence-electron chi connectivity index (χ1n) is 6.52. The van der Waals surface area contributed by atoms with E-state index in [0.29, 0.717) is 0 Å². The molecule has 0 bridgehead atoms. The normalized spacial score (nSPS) is 13.4. The Morgan fingerprint density at radius 2 is 2.10 bits per heavy atom. The number of carbonyl (C=O) groups is 1. The van der Waals surface area contributed by atoms with Crippen LogP contribution in [0.15, 0.2) is 23.2 Å². The number of nitrogens with one attached hydrogen (secondary N) is 1. The van der Waals surface area contributed by atoms with Crippen LogP contribution in [-0.2, 0) is 9.53 Å². The fourth-order valence-electron chi connectivity index (χ4n) is 1.77. The van der Waals surface area contributed by atoms with Gasteiger partial charge in [0, 0.05) is 11.8 Å². The molecule has 0 fully saturated rings. The van der Waals surface area contributed by atoms with Crippen LogP contribution in [0.4, 0.5) is 8.78 Å². The fourth-order valence-corrected chi connectivity index (χ4v) is 1.77. The summed E-state index contributed by atoms with van der Waals surface area (Å²) in [6, 6.07) is 3.32. The highest BCUT2D eigenvalue weighted by molar-refractivity contribution is 5.80. The number of hydrogen-bond donors (Lipinski definition) is 1. The first-order valence-corrected chi connectivity index (χ1v) is 6.52. The minimum absolute atomic E-state index is 0.0576. The summed E-state index contributed by atoms with van der Waals surface area (Å²) in [4.78, 5) is 15.6. The lowest BCUT2D eigenvalue weighted by Crippen LogP contribution is -2.47. The average molecular weight is 298 g/mol. The van der Waals surface area contributed by atoms with Gasteiger partial charge in [-0.15, -0.1) is 0 Å². The smallest absolute Gasteiger partial charge is 0.323 e. The Kier molecular flexibility index (Phi) is 5.96. The van der Waals surface area contributed by atoms with Gasteiger partial charge in [-0.2, -0.15) is 0 Å². The SMILES string of the molecule is COC(=O)[C@@H](NCN=Cc1cccc(F)c1F)C(C)(C)C. The Bertz CT molecular complexity index is 525. The molecule has 21 heavy (non-hydrogen) atoms. The molecular formula is C15H20F2N2O2. The highest BCUT2D eigenvalue weighted by Crippen LogP contribution is 2.20. The van der Waals surface area contributed by atoms with Gasteiger partial charge in [0.05, 0.1) is 13.8 Å². The predicted molar refractivity (Wildman–Crippen MR) is 77.2 cm³/mol. The molecule has 0 aliphatic rings. The standard InChI is InChI=1S/C15H20F2N2O2/c1-15(2,3)13(14(20)21-4)19-9-18-8-10-6-5-7-11(16)12(10)17/h5-8,13,19H,9H2,1-4H3/t13-/m1/s1. The predicted octanol–water partition coefficient (Wildman–Crippen LogP) is 2.52. The number of benzene rings is 1. The highest BCUT2D eigenvalue weighted by atomic mass is 19.2. The lowest BCUT2D eigenvalue weighted by atomic mass is 9.87. The molecule has 0 saturated heterocycles. The number of aliphatic imine (C=N–C) groups is 1. The molecule has 0 amide bonds. The summed E-state index contributed by atoms with van der Waals surface area (Å²) >= 11 is 0. The molecule has 0 aromatic heterocycles. The van der Waals surface area contributed by atoms with Gasteiger partial charge >= 0.3 is 5.97 Å². The quantitative estimate of drug-likeness (QED) is 0.671. The zero-order valence-corrected chi connectivity index (χ0v) is 12.6. The Labute approximate surface area is 123 Å². The van der Waals surface area contributed by atoms with Crippen LogP contribution in [-0.4, -0.2) is 32.0 Å². The molecular weight excluding hydrogens is 278 g/mol. The number of carbonyl (C=O) groups excluding carboxylic acids is 1. The van der Waals surface area contributed by atoms with E-state index in [0.717, 1.165) is 6.07 Å². The van der Waals surface area contributed by atoms with Gasteiger partial charge in [-0.3, -0.25) is 15.1 Å². The van der Waals surface area contributed by atoms with Gasteiger partial charge in [-0.1, -0.05) is 32.9 Å². The molecule has 0 aliphatic heterocycles. The maximum Gasteiger partial charge on any atom is 0.323 e. The largest absolute Gasteiger partial charge is 0.468 e. The molecule has 0 aliphatic carbocycles. The third kappa shape index (κ3) is 4.90. The van der Waals surface area contributed by atoms with E-state index in [2.05, 4.69) is 10.3 Å². The molecule has 0 saturated carbocycles. The second-order valence-electron chi connectivity index (χ2n) is 5.64. The van der Waals surface area contributed by atoms with Crippen LogP contribution in [0.2, 0.25) is 0 Å². The first kappa shape index (κ1) is 17.2. The number of rotatable bonds is 5. The van der Waals surface area contributed by atoms with Gasteiger partial charge < -0.3 is 4.74 Å². The third-order valence-electron chi connectivity index (χ3n) is 2.90. The molecule has 1 rings (SSSR count).